The monoisotopic (exact) mass is 325 g/mol. The maximum Gasteiger partial charge on any atom is 0.416 e. The van der Waals surface area contributed by atoms with Gasteiger partial charge in [-0.2, -0.15) is 13.2 Å². The number of hydrogen-bond donors (Lipinski definition) is 0. The molecule has 0 saturated heterocycles. The number of esters is 1. The first-order chi connectivity index (χ1) is 9.59. The van der Waals surface area contributed by atoms with Gasteiger partial charge in [0.2, 0.25) is 10.0 Å². The summed E-state index contributed by atoms with van der Waals surface area (Å²) < 4.78 is 67.2. The van der Waals surface area contributed by atoms with Gasteiger partial charge in [-0.1, -0.05) is 6.07 Å². The van der Waals surface area contributed by atoms with Crippen LogP contribution < -0.4 is 0 Å². The van der Waals surface area contributed by atoms with Crippen LogP contribution in [0, 0.1) is 0 Å². The van der Waals surface area contributed by atoms with Crippen LogP contribution in [-0.2, 0) is 25.7 Å². The molecule has 0 radical (unpaired) electrons. The molecule has 0 aliphatic rings. The molecule has 0 atom stereocenters. The summed E-state index contributed by atoms with van der Waals surface area (Å²) >= 11 is 0. The molecule has 1 aromatic rings. The lowest BCUT2D eigenvalue weighted by atomic mass is 10.2. The minimum Gasteiger partial charge on any atom is -0.469 e. The van der Waals surface area contributed by atoms with Crippen molar-refractivity contribution < 1.29 is 31.1 Å². The third kappa shape index (κ3) is 4.43. The van der Waals surface area contributed by atoms with E-state index in [0.717, 1.165) is 29.6 Å². The average molecular weight is 325 g/mol. The highest BCUT2D eigenvalue weighted by Gasteiger charge is 2.32. The van der Waals surface area contributed by atoms with E-state index in [9.17, 15) is 26.4 Å². The topological polar surface area (TPSA) is 63.7 Å². The van der Waals surface area contributed by atoms with Gasteiger partial charge in [-0.25, -0.2) is 12.7 Å². The first kappa shape index (κ1) is 17.4. The molecule has 0 fully saturated rings. The predicted molar refractivity (Wildman–Crippen MR) is 67.9 cm³/mol. The molecule has 1 rings (SSSR count). The molecule has 1 aromatic carbocycles. The van der Waals surface area contributed by atoms with Gasteiger partial charge in [0.05, 0.1) is 24.0 Å². The van der Waals surface area contributed by atoms with Crippen LogP contribution in [0.1, 0.15) is 12.0 Å². The number of benzene rings is 1. The summed E-state index contributed by atoms with van der Waals surface area (Å²) in [5.41, 5.74) is -1.05. The van der Waals surface area contributed by atoms with Crippen LogP contribution in [0.2, 0.25) is 0 Å². The summed E-state index contributed by atoms with van der Waals surface area (Å²) in [7, 11) is -1.76. The van der Waals surface area contributed by atoms with E-state index in [1.807, 2.05) is 0 Å². The van der Waals surface area contributed by atoms with Gasteiger partial charge in [0.15, 0.2) is 0 Å². The van der Waals surface area contributed by atoms with Crippen LogP contribution in [-0.4, -0.2) is 39.4 Å². The minimum atomic E-state index is -4.63. The van der Waals surface area contributed by atoms with Gasteiger partial charge in [-0.3, -0.25) is 4.79 Å². The molecule has 5 nitrogen and oxygen atoms in total. The van der Waals surface area contributed by atoms with Crippen molar-refractivity contribution in [2.45, 2.75) is 17.5 Å². The zero-order valence-corrected chi connectivity index (χ0v) is 12.2. The fourth-order valence-corrected chi connectivity index (χ4v) is 2.70. The molecule has 118 valence electrons. The standard InChI is InChI=1S/C12H14F3NO4S/c1-16(7-6-11(17)20-2)21(18,19)10-5-3-4-9(8-10)12(13,14)15/h3-5,8H,6-7H2,1-2H3. The normalized spacial score (nSPS) is 12.5. The number of halogens is 3. The lowest BCUT2D eigenvalue weighted by Gasteiger charge is -2.17. The molecule has 0 heterocycles. The van der Waals surface area contributed by atoms with E-state index >= 15 is 0 Å². The number of carbonyl (C=O) groups excluding carboxylic acids is 1. The van der Waals surface area contributed by atoms with Crippen LogP contribution in [0.25, 0.3) is 0 Å². The van der Waals surface area contributed by atoms with E-state index in [0.29, 0.717) is 6.07 Å². The second-order valence-electron chi connectivity index (χ2n) is 4.18. The van der Waals surface area contributed by atoms with Crippen molar-refractivity contribution >= 4 is 16.0 Å². The molecule has 21 heavy (non-hydrogen) atoms. The van der Waals surface area contributed by atoms with Crippen LogP contribution in [0.15, 0.2) is 29.2 Å². The molecule has 0 aliphatic carbocycles. The van der Waals surface area contributed by atoms with Gasteiger partial charge in [0.1, 0.15) is 0 Å². The number of sulfonamides is 1. The summed E-state index contributed by atoms with van der Waals surface area (Å²) in [6, 6.07) is 3.43. The molecule has 0 aliphatic heterocycles. The van der Waals surface area contributed by atoms with E-state index in [1.165, 1.54) is 7.05 Å². The summed E-state index contributed by atoms with van der Waals surface area (Å²) in [6.07, 6.45) is -4.82. The zero-order chi connectivity index (χ0) is 16.3. The first-order valence-corrected chi connectivity index (χ1v) is 7.23. The van der Waals surface area contributed by atoms with Gasteiger partial charge >= 0.3 is 12.1 Å². The number of alkyl halides is 3. The maximum atomic E-state index is 12.6. The SMILES string of the molecule is COC(=O)CCN(C)S(=O)(=O)c1cccc(C(F)(F)F)c1. The lowest BCUT2D eigenvalue weighted by molar-refractivity contribution is -0.140. The van der Waals surface area contributed by atoms with Crippen LogP contribution in [0.4, 0.5) is 13.2 Å². The third-order valence-corrected chi connectivity index (χ3v) is 4.58. The second-order valence-corrected chi connectivity index (χ2v) is 6.22. The van der Waals surface area contributed by atoms with Crippen molar-refractivity contribution in [3.8, 4) is 0 Å². The quantitative estimate of drug-likeness (QED) is 0.776. The number of carbonyl (C=O) groups is 1. The fraction of sp³-hybridized carbons (Fsp3) is 0.417. The first-order valence-electron chi connectivity index (χ1n) is 5.79. The number of nitrogens with zero attached hydrogens (tertiary/aromatic N) is 1. The van der Waals surface area contributed by atoms with Crippen LogP contribution >= 0.6 is 0 Å². The molecule has 0 spiro atoms. The molecule has 0 bridgehead atoms. The minimum absolute atomic E-state index is 0.189. The van der Waals surface area contributed by atoms with E-state index in [2.05, 4.69) is 4.74 Å². The second kappa shape index (κ2) is 6.44. The molecular formula is C12H14F3NO4S. The predicted octanol–water partition coefficient (Wildman–Crippen LogP) is 1.89. The smallest absolute Gasteiger partial charge is 0.416 e. The molecule has 9 heteroatoms. The molecule has 0 N–H and O–H groups in total. The van der Waals surface area contributed by atoms with Crippen LogP contribution in [0.3, 0.4) is 0 Å². The maximum absolute atomic E-state index is 12.6. The van der Waals surface area contributed by atoms with Crippen molar-refractivity contribution in [1.29, 1.82) is 0 Å². The Morgan fingerprint density at radius 3 is 2.48 bits per heavy atom. The van der Waals surface area contributed by atoms with Crippen molar-refractivity contribution in [3.05, 3.63) is 29.8 Å². The van der Waals surface area contributed by atoms with Crippen molar-refractivity contribution in [2.75, 3.05) is 20.7 Å². The number of rotatable bonds is 5. The van der Waals surface area contributed by atoms with E-state index in [4.69, 9.17) is 0 Å². The molecule has 0 amide bonds. The zero-order valence-electron chi connectivity index (χ0n) is 11.3. The number of methoxy groups -OCH3 is 1. The summed E-state index contributed by atoms with van der Waals surface area (Å²) in [6.45, 7) is -0.189. The Morgan fingerprint density at radius 1 is 1.33 bits per heavy atom. The molecular weight excluding hydrogens is 311 g/mol. The van der Waals surface area contributed by atoms with Gasteiger partial charge in [-0.05, 0) is 18.2 Å². The number of ether oxygens (including phenoxy) is 1. The third-order valence-electron chi connectivity index (χ3n) is 2.73. The Hall–Kier alpha value is -1.61. The number of hydrogen-bond acceptors (Lipinski definition) is 4. The van der Waals surface area contributed by atoms with E-state index in [-0.39, 0.29) is 13.0 Å². The average Bonchev–Trinajstić information content (AvgIpc) is 2.43. The molecule has 0 unspecified atom stereocenters. The van der Waals surface area contributed by atoms with Gasteiger partial charge < -0.3 is 4.74 Å². The Bertz CT molecular complexity index is 613. The molecule has 0 aromatic heterocycles. The lowest BCUT2D eigenvalue weighted by Crippen LogP contribution is -2.29. The largest absolute Gasteiger partial charge is 0.469 e. The fourth-order valence-electron chi connectivity index (χ4n) is 1.48. The summed E-state index contributed by atoms with van der Waals surface area (Å²) in [4.78, 5) is 10.5. The Balaban J connectivity index is 3.00. The summed E-state index contributed by atoms with van der Waals surface area (Å²) in [5.74, 6) is -0.610. The van der Waals surface area contributed by atoms with Crippen molar-refractivity contribution in [2.24, 2.45) is 0 Å². The van der Waals surface area contributed by atoms with Crippen molar-refractivity contribution in [1.82, 2.24) is 4.31 Å². The van der Waals surface area contributed by atoms with Crippen molar-refractivity contribution in [3.63, 3.8) is 0 Å². The Kier molecular flexibility index (Phi) is 5.35. The van der Waals surface area contributed by atoms with Gasteiger partial charge in [0, 0.05) is 13.6 Å². The molecule has 0 saturated carbocycles. The van der Waals surface area contributed by atoms with E-state index in [1.54, 1.807) is 0 Å². The summed E-state index contributed by atoms with van der Waals surface area (Å²) in [5, 5.41) is 0. The highest BCUT2D eigenvalue weighted by atomic mass is 32.2. The highest BCUT2D eigenvalue weighted by Crippen LogP contribution is 2.30. The van der Waals surface area contributed by atoms with E-state index < -0.39 is 32.6 Å². The van der Waals surface area contributed by atoms with Gasteiger partial charge in [-0.15, -0.1) is 0 Å². The Morgan fingerprint density at radius 2 is 1.95 bits per heavy atom. The highest BCUT2D eigenvalue weighted by molar-refractivity contribution is 7.89. The van der Waals surface area contributed by atoms with Crippen LogP contribution in [0.5, 0.6) is 0 Å². The van der Waals surface area contributed by atoms with Gasteiger partial charge in [0.25, 0.3) is 0 Å². The Labute approximate surface area is 120 Å².